The van der Waals surface area contributed by atoms with Gasteiger partial charge in [0, 0.05) is 6.42 Å². The van der Waals surface area contributed by atoms with Crippen molar-refractivity contribution in [2.24, 2.45) is 0 Å². The minimum absolute atomic E-state index is 0.0848. The molecule has 0 saturated heterocycles. The summed E-state index contributed by atoms with van der Waals surface area (Å²) in [5, 5.41) is 10.3. The van der Waals surface area contributed by atoms with E-state index in [0.29, 0.717) is 24.3 Å². The van der Waals surface area contributed by atoms with Gasteiger partial charge in [0.25, 0.3) is 0 Å². The molecule has 20 heavy (non-hydrogen) atoms. The van der Waals surface area contributed by atoms with Crippen molar-refractivity contribution in [2.45, 2.75) is 19.4 Å². The molecule has 0 saturated carbocycles. The third kappa shape index (κ3) is 3.71. The molecule has 2 aromatic carbocycles. The van der Waals surface area contributed by atoms with Gasteiger partial charge in [0.15, 0.2) is 0 Å². The fourth-order valence-corrected chi connectivity index (χ4v) is 2.10. The van der Waals surface area contributed by atoms with Crippen LogP contribution in [-0.2, 0) is 6.42 Å². The fraction of sp³-hybridized carbons (Fsp3) is 0.250. The third-order valence-corrected chi connectivity index (χ3v) is 3.27. The van der Waals surface area contributed by atoms with Crippen molar-refractivity contribution in [3.63, 3.8) is 0 Å². The molecule has 2 rings (SSSR count). The van der Waals surface area contributed by atoms with Gasteiger partial charge in [0.1, 0.15) is 11.6 Å². The third-order valence-electron chi connectivity index (χ3n) is 2.97. The molecule has 1 unspecified atom stereocenters. The zero-order valence-electron chi connectivity index (χ0n) is 11.1. The number of halogens is 2. The van der Waals surface area contributed by atoms with Crippen LogP contribution in [0.15, 0.2) is 42.5 Å². The van der Waals surface area contributed by atoms with Crippen LogP contribution in [-0.4, -0.2) is 11.7 Å². The second-order valence-electron chi connectivity index (χ2n) is 4.47. The molecule has 0 fully saturated rings. The van der Waals surface area contributed by atoms with Crippen molar-refractivity contribution in [2.75, 3.05) is 6.61 Å². The molecular formula is C16H16ClFO2. The van der Waals surface area contributed by atoms with E-state index in [1.807, 2.05) is 25.1 Å². The Morgan fingerprint density at radius 1 is 1.25 bits per heavy atom. The second-order valence-corrected chi connectivity index (χ2v) is 4.88. The average Bonchev–Trinajstić information content (AvgIpc) is 2.43. The van der Waals surface area contributed by atoms with Gasteiger partial charge < -0.3 is 9.84 Å². The summed E-state index contributed by atoms with van der Waals surface area (Å²) in [7, 11) is 0. The van der Waals surface area contributed by atoms with Gasteiger partial charge in [0.2, 0.25) is 0 Å². The number of rotatable bonds is 5. The lowest BCUT2D eigenvalue weighted by molar-refractivity contribution is 0.178. The molecule has 0 radical (unpaired) electrons. The van der Waals surface area contributed by atoms with E-state index in [0.717, 1.165) is 5.56 Å². The molecule has 1 N–H and O–H groups in total. The molecular weight excluding hydrogens is 279 g/mol. The van der Waals surface area contributed by atoms with E-state index in [-0.39, 0.29) is 5.02 Å². The predicted molar refractivity (Wildman–Crippen MR) is 77.7 cm³/mol. The Kier molecular flexibility index (Phi) is 4.99. The van der Waals surface area contributed by atoms with Gasteiger partial charge in [0.05, 0.1) is 17.7 Å². The summed E-state index contributed by atoms with van der Waals surface area (Å²) in [4.78, 5) is 0. The van der Waals surface area contributed by atoms with Gasteiger partial charge >= 0.3 is 0 Å². The van der Waals surface area contributed by atoms with Crippen LogP contribution in [0.1, 0.15) is 24.2 Å². The summed E-state index contributed by atoms with van der Waals surface area (Å²) in [6, 6.07) is 11.8. The lowest BCUT2D eigenvalue weighted by Crippen LogP contribution is -2.03. The molecule has 0 bridgehead atoms. The number of aliphatic hydroxyl groups excluding tert-OH is 1. The first-order valence-electron chi connectivity index (χ1n) is 6.45. The van der Waals surface area contributed by atoms with Gasteiger partial charge in [-0.1, -0.05) is 29.8 Å². The molecule has 4 heteroatoms. The maximum Gasteiger partial charge on any atom is 0.142 e. The first-order valence-corrected chi connectivity index (χ1v) is 6.82. The largest absolute Gasteiger partial charge is 0.494 e. The minimum atomic E-state index is -0.712. The molecule has 0 amide bonds. The Morgan fingerprint density at radius 3 is 2.75 bits per heavy atom. The Morgan fingerprint density at radius 2 is 2.05 bits per heavy atom. The summed E-state index contributed by atoms with van der Waals surface area (Å²) in [6.07, 6.45) is -0.389. The SMILES string of the molecule is CCOc1cccc(C(O)Cc2ccc(Cl)c(F)c2)c1. The summed E-state index contributed by atoms with van der Waals surface area (Å²) in [5.74, 6) is 0.241. The first-order chi connectivity index (χ1) is 9.60. The van der Waals surface area contributed by atoms with Crippen molar-refractivity contribution in [3.05, 3.63) is 64.4 Å². The van der Waals surface area contributed by atoms with E-state index in [1.54, 1.807) is 12.1 Å². The molecule has 0 aliphatic rings. The van der Waals surface area contributed by atoms with Crippen molar-refractivity contribution in [1.82, 2.24) is 0 Å². The van der Waals surface area contributed by atoms with Crippen molar-refractivity contribution in [3.8, 4) is 5.75 Å². The topological polar surface area (TPSA) is 29.5 Å². The number of benzene rings is 2. The summed E-state index contributed by atoms with van der Waals surface area (Å²) in [5.41, 5.74) is 1.44. The Hall–Kier alpha value is -1.58. The van der Waals surface area contributed by atoms with Gasteiger partial charge in [-0.15, -0.1) is 0 Å². The molecule has 0 aromatic heterocycles. The van der Waals surface area contributed by atoms with Crippen LogP contribution < -0.4 is 4.74 Å². The normalized spacial score (nSPS) is 12.2. The summed E-state index contributed by atoms with van der Waals surface area (Å²) < 4.78 is 18.8. The monoisotopic (exact) mass is 294 g/mol. The number of hydrogen-bond acceptors (Lipinski definition) is 2. The Labute approximate surface area is 122 Å². The zero-order chi connectivity index (χ0) is 14.5. The fourth-order valence-electron chi connectivity index (χ4n) is 1.99. The lowest BCUT2D eigenvalue weighted by atomic mass is 10.0. The molecule has 2 aromatic rings. The maximum absolute atomic E-state index is 13.4. The maximum atomic E-state index is 13.4. The highest BCUT2D eigenvalue weighted by atomic mass is 35.5. The van der Waals surface area contributed by atoms with Crippen molar-refractivity contribution in [1.29, 1.82) is 0 Å². The van der Waals surface area contributed by atoms with Gasteiger partial charge in [-0.25, -0.2) is 4.39 Å². The second kappa shape index (κ2) is 6.73. The van der Waals surface area contributed by atoms with Gasteiger partial charge in [-0.3, -0.25) is 0 Å². The first kappa shape index (κ1) is 14.8. The quantitative estimate of drug-likeness (QED) is 0.897. The van der Waals surface area contributed by atoms with Gasteiger partial charge in [-0.05, 0) is 42.3 Å². The summed E-state index contributed by atoms with van der Waals surface area (Å²) >= 11 is 5.64. The highest BCUT2D eigenvalue weighted by Gasteiger charge is 2.11. The van der Waals surface area contributed by atoms with E-state index in [9.17, 15) is 9.50 Å². The zero-order valence-corrected chi connectivity index (χ0v) is 11.9. The minimum Gasteiger partial charge on any atom is -0.494 e. The number of aliphatic hydroxyl groups is 1. The van der Waals surface area contributed by atoms with E-state index < -0.39 is 11.9 Å². The standard InChI is InChI=1S/C16H16ClFO2/c1-2-20-13-5-3-4-12(10-13)16(19)9-11-6-7-14(17)15(18)8-11/h3-8,10,16,19H,2,9H2,1H3. The highest BCUT2D eigenvalue weighted by molar-refractivity contribution is 6.30. The molecule has 106 valence electrons. The average molecular weight is 295 g/mol. The van der Waals surface area contributed by atoms with Crippen LogP contribution >= 0.6 is 11.6 Å². The predicted octanol–water partition coefficient (Wildman–Crippen LogP) is 4.15. The molecule has 0 aliphatic heterocycles. The molecule has 0 heterocycles. The van der Waals surface area contributed by atoms with Crippen molar-refractivity contribution >= 4 is 11.6 Å². The van der Waals surface area contributed by atoms with E-state index in [4.69, 9.17) is 16.3 Å². The van der Waals surface area contributed by atoms with Crippen LogP contribution in [0.25, 0.3) is 0 Å². The molecule has 1 atom stereocenters. The van der Waals surface area contributed by atoms with Crippen molar-refractivity contribution < 1.29 is 14.2 Å². The Bertz CT molecular complexity index is 586. The van der Waals surface area contributed by atoms with Crippen LogP contribution in [0.2, 0.25) is 5.02 Å². The number of ether oxygens (including phenoxy) is 1. The molecule has 2 nitrogen and oxygen atoms in total. The van der Waals surface area contributed by atoms with E-state index in [1.165, 1.54) is 12.1 Å². The van der Waals surface area contributed by atoms with E-state index in [2.05, 4.69) is 0 Å². The number of hydrogen-bond donors (Lipinski definition) is 1. The highest BCUT2D eigenvalue weighted by Crippen LogP contribution is 2.24. The Balaban J connectivity index is 2.12. The van der Waals surface area contributed by atoms with Crippen LogP contribution in [0.5, 0.6) is 5.75 Å². The summed E-state index contributed by atoms with van der Waals surface area (Å²) in [6.45, 7) is 2.47. The van der Waals surface area contributed by atoms with Crippen LogP contribution in [0.3, 0.4) is 0 Å². The molecule has 0 aliphatic carbocycles. The van der Waals surface area contributed by atoms with E-state index >= 15 is 0 Å². The smallest absolute Gasteiger partial charge is 0.142 e. The van der Waals surface area contributed by atoms with Crippen LogP contribution in [0, 0.1) is 5.82 Å². The van der Waals surface area contributed by atoms with Crippen LogP contribution in [0.4, 0.5) is 4.39 Å². The van der Waals surface area contributed by atoms with Gasteiger partial charge in [-0.2, -0.15) is 0 Å². The lowest BCUT2D eigenvalue weighted by Gasteiger charge is -2.13. The molecule has 0 spiro atoms.